The van der Waals surface area contributed by atoms with Gasteiger partial charge in [0.1, 0.15) is 0 Å². The first-order valence-corrected chi connectivity index (χ1v) is 8.92. The molecule has 134 valence electrons. The molecule has 1 heterocycles. The molecule has 7 nitrogen and oxygen atoms in total. The van der Waals surface area contributed by atoms with Crippen LogP contribution in [0.5, 0.6) is 0 Å². The minimum atomic E-state index is -0.784. The monoisotopic (exact) mass is 337 g/mol. The number of hydrogen-bond donors (Lipinski definition) is 2. The van der Waals surface area contributed by atoms with Crippen LogP contribution < -0.4 is 5.32 Å². The molecule has 2 amide bonds. The van der Waals surface area contributed by atoms with Crippen molar-refractivity contribution in [3.05, 3.63) is 0 Å². The van der Waals surface area contributed by atoms with Gasteiger partial charge < -0.3 is 15.3 Å². The van der Waals surface area contributed by atoms with Crippen molar-refractivity contribution < 1.29 is 19.5 Å². The van der Waals surface area contributed by atoms with Gasteiger partial charge in [0.25, 0.3) is 0 Å². The van der Waals surface area contributed by atoms with Crippen LogP contribution in [0.3, 0.4) is 0 Å². The summed E-state index contributed by atoms with van der Waals surface area (Å²) in [5, 5.41) is 12.1. The molecule has 3 rings (SSSR count). The van der Waals surface area contributed by atoms with Crippen molar-refractivity contribution in [1.29, 1.82) is 0 Å². The first kappa shape index (κ1) is 17.2. The predicted octanol–water partition coefficient (Wildman–Crippen LogP) is 0.299. The Morgan fingerprint density at radius 3 is 2.58 bits per heavy atom. The maximum atomic E-state index is 12.3. The van der Waals surface area contributed by atoms with Crippen LogP contribution >= 0.6 is 0 Å². The lowest BCUT2D eigenvalue weighted by molar-refractivity contribution is -0.140. The van der Waals surface area contributed by atoms with E-state index in [9.17, 15) is 14.4 Å². The van der Waals surface area contributed by atoms with Gasteiger partial charge in [0.05, 0.1) is 6.54 Å². The standard InChI is InChI=1S/C17H27N3O4/c1-19-5-4-12(6-15(19)21)17(24)18-13-7-14(8-13)20(10-16(22)23)9-11-2-3-11/h11-14H,2-10H2,1H3,(H,18,24)(H,22,23). The highest BCUT2D eigenvalue weighted by atomic mass is 16.4. The van der Waals surface area contributed by atoms with Gasteiger partial charge in [-0.05, 0) is 38.0 Å². The van der Waals surface area contributed by atoms with Crippen LogP contribution in [0.2, 0.25) is 0 Å². The van der Waals surface area contributed by atoms with Gasteiger partial charge in [-0.1, -0.05) is 0 Å². The molecular formula is C17H27N3O4. The van der Waals surface area contributed by atoms with E-state index < -0.39 is 5.97 Å². The van der Waals surface area contributed by atoms with Crippen molar-refractivity contribution in [3.63, 3.8) is 0 Å². The average Bonchev–Trinajstić information content (AvgIpc) is 3.28. The van der Waals surface area contributed by atoms with Gasteiger partial charge >= 0.3 is 5.97 Å². The Morgan fingerprint density at radius 2 is 2.00 bits per heavy atom. The van der Waals surface area contributed by atoms with Gasteiger partial charge in [0.2, 0.25) is 11.8 Å². The van der Waals surface area contributed by atoms with Gasteiger partial charge in [-0.3, -0.25) is 19.3 Å². The first-order chi connectivity index (χ1) is 11.4. The first-order valence-electron chi connectivity index (χ1n) is 8.92. The number of aliphatic carboxylic acids is 1. The fourth-order valence-electron chi connectivity index (χ4n) is 3.64. The number of piperidine rings is 1. The number of nitrogens with one attached hydrogen (secondary N) is 1. The highest BCUT2D eigenvalue weighted by molar-refractivity contribution is 5.87. The van der Waals surface area contributed by atoms with Crippen molar-refractivity contribution in [2.45, 2.75) is 50.6 Å². The van der Waals surface area contributed by atoms with Crippen LogP contribution in [-0.2, 0) is 14.4 Å². The zero-order chi connectivity index (χ0) is 17.3. The summed E-state index contributed by atoms with van der Waals surface area (Å²) in [6, 6.07) is 0.374. The summed E-state index contributed by atoms with van der Waals surface area (Å²) >= 11 is 0. The lowest BCUT2D eigenvalue weighted by Crippen LogP contribution is -2.56. The van der Waals surface area contributed by atoms with E-state index in [0.29, 0.717) is 18.9 Å². The average molecular weight is 337 g/mol. The molecule has 1 unspecified atom stereocenters. The third-order valence-corrected chi connectivity index (χ3v) is 5.53. The third kappa shape index (κ3) is 4.26. The van der Waals surface area contributed by atoms with E-state index in [1.165, 1.54) is 12.8 Å². The molecule has 0 aromatic carbocycles. The molecule has 7 heteroatoms. The van der Waals surface area contributed by atoms with Gasteiger partial charge in [-0.25, -0.2) is 0 Å². The lowest BCUT2D eigenvalue weighted by atomic mass is 9.84. The zero-order valence-electron chi connectivity index (χ0n) is 14.2. The Bertz CT molecular complexity index is 514. The number of amides is 2. The van der Waals surface area contributed by atoms with Gasteiger partial charge in [0.15, 0.2) is 0 Å². The number of carboxylic acids is 1. The lowest BCUT2D eigenvalue weighted by Gasteiger charge is -2.43. The number of carbonyl (C=O) groups is 3. The summed E-state index contributed by atoms with van der Waals surface area (Å²) in [5.41, 5.74) is 0. The third-order valence-electron chi connectivity index (χ3n) is 5.53. The minimum Gasteiger partial charge on any atom is -0.480 e. The van der Waals surface area contributed by atoms with Crippen LogP contribution in [0, 0.1) is 11.8 Å². The number of carbonyl (C=O) groups excluding carboxylic acids is 2. The van der Waals surface area contributed by atoms with E-state index in [2.05, 4.69) is 10.2 Å². The summed E-state index contributed by atoms with van der Waals surface area (Å²) in [7, 11) is 1.77. The number of hydrogen-bond acceptors (Lipinski definition) is 4. The summed E-state index contributed by atoms with van der Waals surface area (Å²) in [5.74, 6) is -0.331. The minimum absolute atomic E-state index is 0.0214. The second kappa shape index (κ2) is 7.09. The van der Waals surface area contributed by atoms with Crippen molar-refractivity contribution in [2.24, 2.45) is 11.8 Å². The van der Waals surface area contributed by atoms with Crippen molar-refractivity contribution in [1.82, 2.24) is 15.1 Å². The van der Waals surface area contributed by atoms with Crippen molar-refractivity contribution in [3.8, 4) is 0 Å². The largest absolute Gasteiger partial charge is 0.480 e. The van der Waals surface area contributed by atoms with Crippen LogP contribution in [0.15, 0.2) is 0 Å². The van der Waals surface area contributed by atoms with E-state index in [-0.39, 0.29) is 36.4 Å². The molecule has 1 saturated heterocycles. The molecule has 0 bridgehead atoms. The maximum Gasteiger partial charge on any atom is 0.317 e. The molecule has 3 fully saturated rings. The van der Waals surface area contributed by atoms with Gasteiger partial charge in [0, 0.05) is 44.6 Å². The summed E-state index contributed by atoms with van der Waals surface area (Å²) in [4.78, 5) is 38.8. The SMILES string of the molecule is CN1CCC(C(=O)NC2CC(N(CC(=O)O)CC3CC3)C2)CC1=O. The second-order valence-corrected chi connectivity index (χ2v) is 7.60. The molecule has 1 aliphatic heterocycles. The highest BCUT2D eigenvalue weighted by Crippen LogP contribution is 2.34. The van der Waals surface area contributed by atoms with Crippen molar-refractivity contribution in [2.75, 3.05) is 26.7 Å². The Hall–Kier alpha value is -1.63. The van der Waals surface area contributed by atoms with Gasteiger partial charge in [-0.2, -0.15) is 0 Å². The molecule has 2 aliphatic carbocycles. The molecular weight excluding hydrogens is 310 g/mol. The molecule has 0 radical (unpaired) electrons. The van der Waals surface area contributed by atoms with E-state index in [0.717, 1.165) is 25.8 Å². The highest BCUT2D eigenvalue weighted by Gasteiger charge is 2.39. The molecule has 24 heavy (non-hydrogen) atoms. The Morgan fingerprint density at radius 1 is 1.29 bits per heavy atom. The second-order valence-electron chi connectivity index (χ2n) is 7.60. The Balaban J connectivity index is 1.42. The molecule has 2 N–H and O–H groups in total. The van der Waals surface area contributed by atoms with E-state index >= 15 is 0 Å². The molecule has 0 aromatic heterocycles. The Labute approximate surface area is 142 Å². The van der Waals surface area contributed by atoms with Crippen LogP contribution in [0.1, 0.15) is 38.5 Å². The quantitative estimate of drug-likeness (QED) is 0.697. The van der Waals surface area contributed by atoms with Crippen LogP contribution in [0.25, 0.3) is 0 Å². The molecule has 3 aliphatic rings. The smallest absolute Gasteiger partial charge is 0.317 e. The van der Waals surface area contributed by atoms with Crippen LogP contribution in [-0.4, -0.2) is 71.5 Å². The number of rotatable bonds is 7. The molecule has 0 spiro atoms. The van der Waals surface area contributed by atoms with E-state index in [4.69, 9.17) is 5.11 Å². The maximum absolute atomic E-state index is 12.3. The van der Waals surface area contributed by atoms with Gasteiger partial charge in [-0.15, -0.1) is 0 Å². The summed E-state index contributed by atoms with van der Waals surface area (Å²) in [6.45, 7) is 1.59. The molecule has 0 aromatic rings. The summed E-state index contributed by atoms with van der Waals surface area (Å²) < 4.78 is 0. The number of carboxylic acid groups (broad SMARTS) is 1. The number of likely N-dealkylation sites (tertiary alicyclic amines) is 1. The van der Waals surface area contributed by atoms with E-state index in [1.54, 1.807) is 11.9 Å². The zero-order valence-corrected chi connectivity index (χ0v) is 14.2. The normalized spacial score (nSPS) is 30.2. The van der Waals surface area contributed by atoms with Crippen molar-refractivity contribution >= 4 is 17.8 Å². The van der Waals surface area contributed by atoms with E-state index in [1.807, 2.05) is 0 Å². The summed E-state index contributed by atoms with van der Waals surface area (Å²) in [6.07, 6.45) is 5.04. The van der Waals surface area contributed by atoms with Crippen LogP contribution in [0.4, 0.5) is 0 Å². The predicted molar refractivity (Wildman–Crippen MR) is 87.2 cm³/mol. The fourth-order valence-corrected chi connectivity index (χ4v) is 3.64. The Kier molecular flexibility index (Phi) is 5.08. The molecule has 1 atom stereocenters. The topological polar surface area (TPSA) is 90.0 Å². The fraction of sp³-hybridized carbons (Fsp3) is 0.824. The number of nitrogens with zero attached hydrogens (tertiary/aromatic N) is 2. The molecule has 2 saturated carbocycles.